The maximum Gasteiger partial charge on any atom is 0.171 e. The number of aryl methyl sites for hydroxylation is 1. The predicted molar refractivity (Wildman–Crippen MR) is 78.6 cm³/mol. The van der Waals surface area contributed by atoms with Gasteiger partial charge in [0.1, 0.15) is 0 Å². The van der Waals surface area contributed by atoms with Gasteiger partial charge >= 0.3 is 0 Å². The first-order valence-corrected chi connectivity index (χ1v) is 7.33. The molecule has 1 saturated carbocycles. The molecule has 17 heavy (non-hydrogen) atoms. The van der Waals surface area contributed by atoms with Crippen molar-refractivity contribution in [2.75, 3.05) is 4.90 Å². The Bertz CT molecular complexity index is 402. The average Bonchev–Trinajstić information content (AvgIpc) is 2.68. The molecule has 0 radical (unpaired) electrons. The number of hydrogen-bond acceptors (Lipinski definition) is 3. The molecular formula is C12H19N3S2. The van der Waals surface area contributed by atoms with Crippen molar-refractivity contribution in [2.24, 2.45) is 11.5 Å². The van der Waals surface area contributed by atoms with Crippen molar-refractivity contribution in [3.05, 3.63) is 16.3 Å². The van der Waals surface area contributed by atoms with Gasteiger partial charge in [0.2, 0.25) is 0 Å². The molecule has 1 fully saturated rings. The fraction of sp³-hybridized carbons (Fsp3) is 0.583. The molecule has 2 rings (SSSR count). The van der Waals surface area contributed by atoms with Crippen LogP contribution in [0.4, 0.5) is 5.69 Å². The van der Waals surface area contributed by atoms with E-state index in [-0.39, 0.29) is 12.1 Å². The van der Waals surface area contributed by atoms with Crippen LogP contribution in [-0.4, -0.2) is 17.2 Å². The number of nitrogens with zero attached hydrogens (tertiary/aromatic N) is 1. The van der Waals surface area contributed by atoms with Crippen molar-refractivity contribution >= 4 is 34.4 Å². The summed E-state index contributed by atoms with van der Waals surface area (Å²) in [5.41, 5.74) is 14.5. The first kappa shape index (κ1) is 12.8. The molecule has 1 aliphatic carbocycles. The topological polar surface area (TPSA) is 55.3 Å². The Kier molecular flexibility index (Phi) is 4.01. The lowest BCUT2D eigenvalue weighted by Crippen LogP contribution is -2.54. The van der Waals surface area contributed by atoms with Crippen LogP contribution in [0.15, 0.2) is 10.8 Å². The number of thiophene rings is 1. The first-order valence-electron chi connectivity index (χ1n) is 5.98. The fourth-order valence-electron chi connectivity index (χ4n) is 2.52. The summed E-state index contributed by atoms with van der Waals surface area (Å²) in [5.74, 6) is 0. The second kappa shape index (κ2) is 5.33. The SMILES string of the molecule is Cc1cscc1N(C(N)=S)C1CCCCC1N. The molecule has 0 saturated heterocycles. The van der Waals surface area contributed by atoms with Gasteiger partial charge in [-0.2, -0.15) is 0 Å². The highest BCUT2D eigenvalue weighted by atomic mass is 32.1. The zero-order valence-corrected chi connectivity index (χ0v) is 11.7. The molecule has 4 N–H and O–H groups in total. The van der Waals surface area contributed by atoms with Crippen molar-refractivity contribution in [2.45, 2.75) is 44.7 Å². The molecule has 94 valence electrons. The highest BCUT2D eigenvalue weighted by molar-refractivity contribution is 7.80. The van der Waals surface area contributed by atoms with E-state index in [4.69, 9.17) is 23.7 Å². The summed E-state index contributed by atoms with van der Waals surface area (Å²) >= 11 is 6.89. The zero-order valence-electron chi connectivity index (χ0n) is 10.1. The third kappa shape index (κ3) is 2.61. The van der Waals surface area contributed by atoms with Crippen LogP contribution >= 0.6 is 23.6 Å². The van der Waals surface area contributed by atoms with Gasteiger partial charge in [0.05, 0.1) is 11.7 Å². The highest BCUT2D eigenvalue weighted by Gasteiger charge is 2.30. The van der Waals surface area contributed by atoms with Gasteiger partial charge in [-0.05, 0) is 42.9 Å². The summed E-state index contributed by atoms with van der Waals surface area (Å²) in [6.45, 7) is 2.09. The molecule has 0 amide bonds. The normalized spacial score (nSPS) is 24.6. The van der Waals surface area contributed by atoms with Gasteiger partial charge in [0, 0.05) is 11.4 Å². The van der Waals surface area contributed by atoms with Gasteiger partial charge in [0.25, 0.3) is 0 Å². The minimum Gasteiger partial charge on any atom is -0.376 e. The number of hydrogen-bond donors (Lipinski definition) is 2. The van der Waals surface area contributed by atoms with Crippen LogP contribution in [0.5, 0.6) is 0 Å². The molecule has 5 heteroatoms. The highest BCUT2D eigenvalue weighted by Crippen LogP contribution is 2.31. The first-order chi connectivity index (χ1) is 8.11. The Morgan fingerprint density at radius 3 is 2.65 bits per heavy atom. The van der Waals surface area contributed by atoms with Crippen LogP contribution in [0, 0.1) is 6.92 Å². The number of rotatable bonds is 2. The number of nitrogens with two attached hydrogens (primary N) is 2. The van der Waals surface area contributed by atoms with Crippen LogP contribution in [0.2, 0.25) is 0 Å². The van der Waals surface area contributed by atoms with Crippen molar-refractivity contribution in [1.82, 2.24) is 0 Å². The second-order valence-corrected chi connectivity index (χ2v) is 5.83. The molecular weight excluding hydrogens is 250 g/mol. The average molecular weight is 269 g/mol. The summed E-state index contributed by atoms with van der Waals surface area (Å²) in [7, 11) is 0. The minimum atomic E-state index is 0.171. The molecule has 0 aliphatic heterocycles. The standard InChI is InChI=1S/C12H19N3S2/c1-8-6-17-7-11(8)15(12(14)16)10-5-3-2-4-9(10)13/h6-7,9-10H,2-5,13H2,1H3,(H2,14,16). The molecule has 2 atom stereocenters. The maximum atomic E-state index is 6.22. The lowest BCUT2D eigenvalue weighted by atomic mass is 9.89. The largest absolute Gasteiger partial charge is 0.376 e. The summed E-state index contributed by atoms with van der Waals surface area (Å²) in [6.07, 6.45) is 4.56. The van der Waals surface area contributed by atoms with Crippen LogP contribution in [0.25, 0.3) is 0 Å². The van der Waals surface area contributed by atoms with E-state index < -0.39 is 0 Å². The van der Waals surface area contributed by atoms with Gasteiger partial charge < -0.3 is 16.4 Å². The van der Waals surface area contributed by atoms with Crippen molar-refractivity contribution in [3.8, 4) is 0 Å². The lowest BCUT2D eigenvalue weighted by molar-refractivity contribution is 0.384. The van der Waals surface area contributed by atoms with E-state index in [0.717, 1.165) is 18.5 Å². The van der Waals surface area contributed by atoms with Gasteiger partial charge in [-0.15, -0.1) is 11.3 Å². The molecule has 0 aromatic carbocycles. The summed E-state index contributed by atoms with van der Waals surface area (Å²) < 4.78 is 0. The predicted octanol–water partition coefficient (Wildman–Crippen LogP) is 2.38. The van der Waals surface area contributed by atoms with E-state index in [0.29, 0.717) is 5.11 Å². The smallest absolute Gasteiger partial charge is 0.171 e. The molecule has 1 aliphatic rings. The van der Waals surface area contributed by atoms with Crippen molar-refractivity contribution in [3.63, 3.8) is 0 Å². The molecule has 3 nitrogen and oxygen atoms in total. The third-order valence-corrected chi connectivity index (χ3v) is 4.48. The van der Waals surface area contributed by atoms with E-state index in [1.807, 2.05) is 0 Å². The van der Waals surface area contributed by atoms with Crippen LogP contribution in [-0.2, 0) is 0 Å². The summed E-state index contributed by atoms with van der Waals surface area (Å²) in [4.78, 5) is 2.06. The molecule has 1 aromatic rings. The second-order valence-electron chi connectivity index (χ2n) is 4.66. The molecule has 1 aromatic heterocycles. The quantitative estimate of drug-likeness (QED) is 0.809. The molecule has 1 heterocycles. The molecule has 0 bridgehead atoms. The van der Waals surface area contributed by atoms with Crippen LogP contribution in [0.1, 0.15) is 31.2 Å². The van der Waals surface area contributed by atoms with E-state index in [1.54, 1.807) is 11.3 Å². The molecule has 0 spiro atoms. The lowest BCUT2D eigenvalue weighted by Gasteiger charge is -2.38. The Morgan fingerprint density at radius 2 is 2.12 bits per heavy atom. The number of anilines is 1. The van der Waals surface area contributed by atoms with Gasteiger partial charge in [-0.3, -0.25) is 0 Å². The van der Waals surface area contributed by atoms with E-state index in [9.17, 15) is 0 Å². The van der Waals surface area contributed by atoms with Crippen LogP contribution in [0.3, 0.4) is 0 Å². The summed E-state index contributed by atoms with van der Waals surface area (Å²) in [6, 6.07) is 0.430. The van der Waals surface area contributed by atoms with E-state index in [2.05, 4.69) is 22.6 Å². The zero-order chi connectivity index (χ0) is 12.4. The van der Waals surface area contributed by atoms with Gasteiger partial charge in [-0.25, -0.2) is 0 Å². The van der Waals surface area contributed by atoms with Gasteiger partial charge in [-0.1, -0.05) is 12.8 Å². The molecule has 2 unspecified atom stereocenters. The van der Waals surface area contributed by atoms with Crippen molar-refractivity contribution in [1.29, 1.82) is 0 Å². The Balaban J connectivity index is 2.29. The Hall–Kier alpha value is -0.650. The summed E-state index contributed by atoms with van der Waals surface area (Å²) in [5, 5.41) is 4.67. The van der Waals surface area contributed by atoms with Crippen LogP contribution < -0.4 is 16.4 Å². The Labute approximate surface area is 112 Å². The van der Waals surface area contributed by atoms with E-state index >= 15 is 0 Å². The third-order valence-electron chi connectivity index (χ3n) is 3.44. The maximum absolute atomic E-state index is 6.22. The van der Waals surface area contributed by atoms with Crippen molar-refractivity contribution < 1.29 is 0 Å². The Morgan fingerprint density at radius 1 is 1.41 bits per heavy atom. The monoisotopic (exact) mass is 269 g/mol. The fourth-order valence-corrected chi connectivity index (χ4v) is 3.58. The van der Waals surface area contributed by atoms with Gasteiger partial charge in [0.15, 0.2) is 5.11 Å². The number of thiocarbonyl (C=S) groups is 1. The minimum absolute atomic E-state index is 0.171. The van der Waals surface area contributed by atoms with E-state index in [1.165, 1.54) is 18.4 Å².